The monoisotopic (exact) mass is 224 g/mol. The van der Waals surface area contributed by atoms with Crippen LogP contribution in [0.5, 0.6) is 5.75 Å². The van der Waals surface area contributed by atoms with Crippen molar-refractivity contribution >= 4 is 11.4 Å². The first kappa shape index (κ1) is 12.6. The number of anilines is 2. The molecular weight excluding hydrogens is 204 g/mol. The summed E-state index contributed by atoms with van der Waals surface area (Å²) in [6, 6.07) is 5.58. The molecule has 1 rings (SSSR count). The van der Waals surface area contributed by atoms with Gasteiger partial charge in [-0.05, 0) is 26.0 Å². The zero-order valence-corrected chi connectivity index (χ0v) is 10.3. The van der Waals surface area contributed by atoms with E-state index in [2.05, 4.69) is 0 Å². The second kappa shape index (κ2) is 4.61. The van der Waals surface area contributed by atoms with E-state index in [0.717, 1.165) is 5.69 Å². The molecule has 16 heavy (non-hydrogen) atoms. The summed E-state index contributed by atoms with van der Waals surface area (Å²) in [4.78, 5) is 2.00. The molecule has 4 heteroatoms. The number of nitrogens with two attached hydrogens (primary N) is 1. The average molecular weight is 224 g/mol. The van der Waals surface area contributed by atoms with Gasteiger partial charge >= 0.3 is 0 Å². The Bertz CT molecular complexity index is 364. The lowest BCUT2D eigenvalue weighted by Gasteiger charge is -2.36. The van der Waals surface area contributed by atoms with Crippen molar-refractivity contribution in [3.05, 3.63) is 18.2 Å². The molecule has 0 spiro atoms. The van der Waals surface area contributed by atoms with Crippen molar-refractivity contribution < 1.29 is 9.84 Å². The third-order valence-corrected chi connectivity index (χ3v) is 2.90. The van der Waals surface area contributed by atoms with Crippen LogP contribution in [0.1, 0.15) is 13.8 Å². The Kier molecular flexibility index (Phi) is 3.65. The van der Waals surface area contributed by atoms with Gasteiger partial charge < -0.3 is 20.5 Å². The van der Waals surface area contributed by atoms with Crippen molar-refractivity contribution in [2.24, 2.45) is 0 Å². The molecule has 1 aromatic rings. The fourth-order valence-corrected chi connectivity index (χ4v) is 1.36. The number of ether oxygens (including phenoxy) is 1. The van der Waals surface area contributed by atoms with E-state index in [4.69, 9.17) is 10.5 Å². The minimum Gasteiger partial charge on any atom is -0.495 e. The standard InChI is InChI=1S/C12H20N2O2/c1-12(2,8-15)14(3)9-5-6-10(13)11(7-9)16-4/h5-7,15H,8,13H2,1-4H3. The summed E-state index contributed by atoms with van der Waals surface area (Å²) in [5.74, 6) is 0.651. The second-order valence-corrected chi connectivity index (χ2v) is 4.46. The molecule has 1 aromatic carbocycles. The number of nitrogens with zero attached hydrogens (tertiary/aromatic N) is 1. The van der Waals surface area contributed by atoms with Crippen molar-refractivity contribution in [2.45, 2.75) is 19.4 Å². The SMILES string of the molecule is COc1cc(N(C)C(C)(C)CO)ccc1N. The van der Waals surface area contributed by atoms with Crippen LogP contribution >= 0.6 is 0 Å². The number of likely N-dealkylation sites (N-methyl/N-ethyl adjacent to an activating group) is 1. The van der Waals surface area contributed by atoms with Gasteiger partial charge in [0, 0.05) is 18.8 Å². The van der Waals surface area contributed by atoms with Crippen LogP contribution in [0, 0.1) is 0 Å². The minimum absolute atomic E-state index is 0.0796. The molecule has 0 aromatic heterocycles. The molecule has 0 bridgehead atoms. The van der Waals surface area contributed by atoms with Gasteiger partial charge in [-0.15, -0.1) is 0 Å². The van der Waals surface area contributed by atoms with Gasteiger partial charge in [0.25, 0.3) is 0 Å². The molecule has 3 N–H and O–H groups in total. The number of hydrogen-bond donors (Lipinski definition) is 2. The molecule has 0 aliphatic rings. The first-order valence-corrected chi connectivity index (χ1v) is 5.20. The summed E-state index contributed by atoms with van der Waals surface area (Å²) >= 11 is 0. The number of rotatable bonds is 4. The highest BCUT2D eigenvalue weighted by Crippen LogP contribution is 2.29. The third kappa shape index (κ3) is 2.39. The van der Waals surface area contributed by atoms with Crippen LogP contribution in [0.2, 0.25) is 0 Å². The summed E-state index contributed by atoms with van der Waals surface area (Å²) in [6.07, 6.45) is 0. The fourth-order valence-electron chi connectivity index (χ4n) is 1.36. The molecule has 0 amide bonds. The lowest BCUT2D eigenvalue weighted by molar-refractivity contribution is 0.216. The predicted octanol–water partition coefficient (Wildman–Crippen LogP) is 1.48. The second-order valence-electron chi connectivity index (χ2n) is 4.46. The molecule has 0 atom stereocenters. The Morgan fingerprint density at radius 1 is 1.44 bits per heavy atom. The van der Waals surface area contributed by atoms with Gasteiger partial charge in [0.15, 0.2) is 0 Å². The van der Waals surface area contributed by atoms with E-state index in [1.165, 1.54) is 0 Å². The lowest BCUT2D eigenvalue weighted by atomic mass is 10.0. The molecule has 0 radical (unpaired) electrons. The molecule has 0 saturated carbocycles. The third-order valence-electron chi connectivity index (χ3n) is 2.90. The molecule has 90 valence electrons. The highest BCUT2D eigenvalue weighted by Gasteiger charge is 2.23. The van der Waals surface area contributed by atoms with Crippen LogP contribution in [0.4, 0.5) is 11.4 Å². The quantitative estimate of drug-likeness (QED) is 0.761. The molecule has 0 aliphatic carbocycles. The van der Waals surface area contributed by atoms with Crippen LogP contribution in [-0.2, 0) is 0 Å². The van der Waals surface area contributed by atoms with E-state index in [0.29, 0.717) is 11.4 Å². The van der Waals surface area contributed by atoms with Gasteiger partial charge in [-0.2, -0.15) is 0 Å². The zero-order chi connectivity index (χ0) is 12.3. The van der Waals surface area contributed by atoms with Crippen LogP contribution in [0.15, 0.2) is 18.2 Å². The van der Waals surface area contributed by atoms with E-state index in [1.807, 2.05) is 37.9 Å². The van der Waals surface area contributed by atoms with Crippen molar-refractivity contribution in [3.8, 4) is 5.75 Å². The normalized spacial score (nSPS) is 11.3. The van der Waals surface area contributed by atoms with Crippen molar-refractivity contribution in [1.82, 2.24) is 0 Å². The summed E-state index contributed by atoms with van der Waals surface area (Å²) in [5.41, 5.74) is 7.01. The molecule has 4 nitrogen and oxygen atoms in total. The van der Waals surface area contributed by atoms with E-state index < -0.39 is 0 Å². The van der Waals surface area contributed by atoms with Crippen molar-refractivity contribution in [1.29, 1.82) is 0 Å². The fraction of sp³-hybridized carbons (Fsp3) is 0.500. The van der Waals surface area contributed by atoms with Crippen LogP contribution in [0.25, 0.3) is 0 Å². The van der Waals surface area contributed by atoms with Crippen LogP contribution < -0.4 is 15.4 Å². The molecule has 0 fully saturated rings. The Morgan fingerprint density at radius 2 is 2.06 bits per heavy atom. The number of methoxy groups -OCH3 is 1. The molecular formula is C12H20N2O2. The maximum atomic E-state index is 9.31. The highest BCUT2D eigenvalue weighted by atomic mass is 16.5. The summed E-state index contributed by atoms with van der Waals surface area (Å²) in [6.45, 7) is 4.02. The van der Waals surface area contributed by atoms with Crippen molar-refractivity contribution in [2.75, 3.05) is 31.4 Å². The van der Waals surface area contributed by atoms with Crippen LogP contribution in [-0.4, -0.2) is 31.4 Å². The van der Waals surface area contributed by atoms with Gasteiger partial charge in [0.1, 0.15) is 5.75 Å². The number of aliphatic hydroxyl groups is 1. The Morgan fingerprint density at radius 3 is 2.56 bits per heavy atom. The maximum absolute atomic E-state index is 9.31. The number of benzene rings is 1. The topological polar surface area (TPSA) is 58.7 Å². The number of nitrogen functional groups attached to an aromatic ring is 1. The van der Waals surface area contributed by atoms with Gasteiger partial charge in [-0.25, -0.2) is 0 Å². The van der Waals surface area contributed by atoms with Crippen LogP contribution in [0.3, 0.4) is 0 Å². The maximum Gasteiger partial charge on any atom is 0.143 e. The van der Waals surface area contributed by atoms with E-state index in [1.54, 1.807) is 13.2 Å². The van der Waals surface area contributed by atoms with E-state index in [-0.39, 0.29) is 12.1 Å². The first-order valence-electron chi connectivity index (χ1n) is 5.20. The number of aliphatic hydroxyl groups excluding tert-OH is 1. The first-order chi connectivity index (χ1) is 7.42. The van der Waals surface area contributed by atoms with Crippen molar-refractivity contribution in [3.63, 3.8) is 0 Å². The Hall–Kier alpha value is -1.42. The smallest absolute Gasteiger partial charge is 0.143 e. The van der Waals surface area contributed by atoms with Gasteiger partial charge in [-0.3, -0.25) is 0 Å². The molecule has 0 aliphatic heterocycles. The van der Waals surface area contributed by atoms with Gasteiger partial charge in [0.2, 0.25) is 0 Å². The summed E-state index contributed by atoms with van der Waals surface area (Å²) < 4.78 is 5.17. The predicted molar refractivity (Wildman–Crippen MR) is 67.0 cm³/mol. The summed E-state index contributed by atoms with van der Waals surface area (Å²) in [7, 11) is 3.52. The number of hydrogen-bond acceptors (Lipinski definition) is 4. The van der Waals surface area contributed by atoms with Gasteiger partial charge in [0.05, 0.1) is 24.9 Å². The Labute approximate surface area is 96.6 Å². The highest BCUT2D eigenvalue weighted by molar-refractivity contribution is 5.62. The van der Waals surface area contributed by atoms with E-state index in [9.17, 15) is 5.11 Å². The molecule has 0 unspecified atom stereocenters. The minimum atomic E-state index is -0.318. The van der Waals surface area contributed by atoms with E-state index >= 15 is 0 Å². The van der Waals surface area contributed by atoms with Gasteiger partial charge in [-0.1, -0.05) is 0 Å². The largest absolute Gasteiger partial charge is 0.495 e. The lowest BCUT2D eigenvalue weighted by Crippen LogP contribution is -2.44. The average Bonchev–Trinajstić information content (AvgIpc) is 2.28. The molecule has 0 saturated heterocycles. The summed E-state index contributed by atoms with van der Waals surface area (Å²) in [5, 5.41) is 9.31. The Balaban J connectivity index is 3.05. The zero-order valence-electron chi connectivity index (χ0n) is 10.3. The molecule has 0 heterocycles.